The molecule has 1 aliphatic rings. The van der Waals surface area contributed by atoms with Gasteiger partial charge in [-0.25, -0.2) is 0 Å². The Labute approximate surface area is 122 Å². The highest BCUT2D eigenvalue weighted by atomic mass is 16.3. The van der Waals surface area contributed by atoms with E-state index in [0.717, 1.165) is 13.1 Å². The molecular weight excluding hydrogens is 248 g/mol. The first-order valence-electron chi connectivity index (χ1n) is 7.88. The Morgan fingerprint density at radius 3 is 2.60 bits per heavy atom. The molecule has 0 spiro atoms. The van der Waals surface area contributed by atoms with Crippen LogP contribution >= 0.6 is 0 Å². The Balaban J connectivity index is 2.06. The smallest absolute Gasteiger partial charge is 0.0558 e. The van der Waals surface area contributed by atoms with Crippen LogP contribution in [-0.4, -0.2) is 29.2 Å². The van der Waals surface area contributed by atoms with E-state index >= 15 is 0 Å². The number of nitrogens with two attached hydrogens (primary N) is 1. The lowest BCUT2D eigenvalue weighted by molar-refractivity contribution is 0.117. The van der Waals surface area contributed by atoms with Crippen molar-refractivity contribution in [1.82, 2.24) is 4.90 Å². The molecule has 112 valence electrons. The molecule has 0 amide bonds. The van der Waals surface area contributed by atoms with Gasteiger partial charge in [0.2, 0.25) is 0 Å². The van der Waals surface area contributed by atoms with Gasteiger partial charge < -0.3 is 10.8 Å². The molecular formula is C17H28N2O. The molecule has 1 aromatic carbocycles. The van der Waals surface area contributed by atoms with Crippen molar-refractivity contribution in [2.45, 2.75) is 58.2 Å². The number of hydrogen-bond donors (Lipinski definition) is 2. The van der Waals surface area contributed by atoms with Crippen molar-refractivity contribution in [3.05, 3.63) is 34.9 Å². The minimum Gasteiger partial charge on any atom is -0.395 e. The van der Waals surface area contributed by atoms with Crippen molar-refractivity contribution in [2.24, 2.45) is 5.73 Å². The molecule has 3 heteroatoms. The summed E-state index contributed by atoms with van der Waals surface area (Å²) in [7, 11) is 0. The first-order chi connectivity index (χ1) is 9.74. The van der Waals surface area contributed by atoms with Crippen LogP contribution in [0.5, 0.6) is 0 Å². The maximum absolute atomic E-state index is 9.34. The van der Waals surface area contributed by atoms with Gasteiger partial charge in [-0.05, 0) is 36.5 Å². The van der Waals surface area contributed by atoms with Gasteiger partial charge in [-0.3, -0.25) is 4.90 Å². The molecule has 1 fully saturated rings. The van der Waals surface area contributed by atoms with Crippen LogP contribution in [0.2, 0.25) is 0 Å². The summed E-state index contributed by atoms with van der Waals surface area (Å²) in [6.45, 7) is 4.73. The Bertz CT molecular complexity index is 413. The standard InChI is InChI=1S/C17H28N2O/c1-14-11-15(12-18)7-8-16(14)13-19(9-10-20)17-5-3-2-4-6-17/h7-8,11,17,20H,2-6,9-10,12-13,18H2,1H3. The van der Waals surface area contributed by atoms with Crippen molar-refractivity contribution in [2.75, 3.05) is 13.2 Å². The summed E-state index contributed by atoms with van der Waals surface area (Å²) in [4.78, 5) is 2.46. The highest BCUT2D eigenvalue weighted by Crippen LogP contribution is 2.24. The van der Waals surface area contributed by atoms with Crippen molar-refractivity contribution in [3.8, 4) is 0 Å². The monoisotopic (exact) mass is 276 g/mol. The normalized spacial score (nSPS) is 16.8. The predicted octanol–water partition coefficient (Wildman–Crippen LogP) is 2.58. The summed E-state index contributed by atoms with van der Waals surface area (Å²) in [5.74, 6) is 0. The Kier molecular flexibility index (Phi) is 6.02. The van der Waals surface area contributed by atoms with Crippen LogP contribution in [-0.2, 0) is 13.1 Å². The van der Waals surface area contributed by atoms with Crippen molar-refractivity contribution in [1.29, 1.82) is 0 Å². The molecule has 3 N–H and O–H groups in total. The van der Waals surface area contributed by atoms with Crippen LogP contribution in [0.3, 0.4) is 0 Å². The zero-order valence-corrected chi connectivity index (χ0v) is 12.6. The number of hydrogen-bond acceptors (Lipinski definition) is 3. The average molecular weight is 276 g/mol. The molecule has 0 unspecified atom stereocenters. The first kappa shape index (κ1) is 15.5. The molecule has 1 saturated carbocycles. The number of aryl methyl sites for hydroxylation is 1. The van der Waals surface area contributed by atoms with E-state index in [1.165, 1.54) is 48.8 Å². The van der Waals surface area contributed by atoms with Crippen LogP contribution < -0.4 is 5.73 Å². The summed E-state index contributed by atoms with van der Waals surface area (Å²) in [6.07, 6.45) is 6.59. The summed E-state index contributed by atoms with van der Waals surface area (Å²) in [6, 6.07) is 7.16. The lowest BCUT2D eigenvalue weighted by atomic mass is 9.93. The third-order valence-electron chi connectivity index (χ3n) is 4.49. The highest BCUT2D eigenvalue weighted by Gasteiger charge is 2.21. The fraction of sp³-hybridized carbons (Fsp3) is 0.647. The van der Waals surface area contributed by atoms with Gasteiger partial charge in [0, 0.05) is 25.7 Å². The number of benzene rings is 1. The van der Waals surface area contributed by atoms with Gasteiger partial charge >= 0.3 is 0 Å². The van der Waals surface area contributed by atoms with Gasteiger partial charge in [0.05, 0.1) is 6.61 Å². The third-order valence-corrected chi connectivity index (χ3v) is 4.49. The predicted molar refractivity (Wildman–Crippen MR) is 83.4 cm³/mol. The molecule has 2 rings (SSSR count). The van der Waals surface area contributed by atoms with Gasteiger partial charge in [-0.1, -0.05) is 37.5 Å². The number of rotatable bonds is 6. The topological polar surface area (TPSA) is 49.5 Å². The van der Waals surface area contributed by atoms with E-state index in [0.29, 0.717) is 12.6 Å². The molecule has 20 heavy (non-hydrogen) atoms. The minimum atomic E-state index is 0.246. The molecule has 0 radical (unpaired) electrons. The largest absolute Gasteiger partial charge is 0.395 e. The summed E-state index contributed by atoms with van der Waals surface area (Å²) in [5, 5.41) is 9.34. The maximum Gasteiger partial charge on any atom is 0.0558 e. The highest BCUT2D eigenvalue weighted by molar-refractivity contribution is 5.31. The quantitative estimate of drug-likeness (QED) is 0.839. The summed E-state index contributed by atoms with van der Waals surface area (Å²) in [5.41, 5.74) is 9.56. The molecule has 0 heterocycles. The number of aliphatic hydroxyl groups is 1. The van der Waals surface area contributed by atoms with E-state index < -0.39 is 0 Å². The van der Waals surface area contributed by atoms with Crippen molar-refractivity contribution >= 4 is 0 Å². The van der Waals surface area contributed by atoms with E-state index in [2.05, 4.69) is 30.0 Å². The number of nitrogens with zero attached hydrogens (tertiary/aromatic N) is 1. The molecule has 0 bridgehead atoms. The lowest BCUT2D eigenvalue weighted by Gasteiger charge is -2.34. The molecule has 0 saturated heterocycles. The zero-order chi connectivity index (χ0) is 14.4. The van der Waals surface area contributed by atoms with E-state index in [1.54, 1.807) is 0 Å². The van der Waals surface area contributed by atoms with Crippen LogP contribution in [0.1, 0.15) is 48.8 Å². The van der Waals surface area contributed by atoms with Crippen LogP contribution in [0, 0.1) is 6.92 Å². The lowest BCUT2D eigenvalue weighted by Crippen LogP contribution is -2.38. The molecule has 0 atom stereocenters. The summed E-state index contributed by atoms with van der Waals surface area (Å²) >= 11 is 0. The van der Waals surface area contributed by atoms with Gasteiger partial charge in [-0.15, -0.1) is 0 Å². The first-order valence-corrected chi connectivity index (χ1v) is 7.88. The third kappa shape index (κ3) is 4.05. The average Bonchev–Trinajstić information content (AvgIpc) is 2.49. The molecule has 1 aromatic rings. The molecule has 1 aliphatic carbocycles. The second-order valence-electron chi connectivity index (χ2n) is 5.95. The molecule has 3 nitrogen and oxygen atoms in total. The van der Waals surface area contributed by atoms with E-state index in [1.807, 2.05) is 0 Å². The van der Waals surface area contributed by atoms with Crippen LogP contribution in [0.4, 0.5) is 0 Å². The number of aliphatic hydroxyl groups excluding tert-OH is 1. The fourth-order valence-electron chi connectivity index (χ4n) is 3.25. The Morgan fingerprint density at radius 1 is 1.25 bits per heavy atom. The maximum atomic E-state index is 9.34. The minimum absolute atomic E-state index is 0.246. The van der Waals surface area contributed by atoms with Crippen LogP contribution in [0.15, 0.2) is 18.2 Å². The Hall–Kier alpha value is -0.900. The zero-order valence-electron chi connectivity index (χ0n) is 12.6. The SMILES string of the molecule is Cc1cc(CN)ccc1CN(CCO)C1CCCCC1. The second-order valence-corrected chi connectivity index (χ2v) is 5.95. The molecule has 0 aromatic heterocycles. The van der Waals surface area contributed by atoms with Gasteiger partial charge in [0.15, 0.2) is 0 Å². The molecule has 0 aliphatic heterocycles. The fourth-order valence-corrected chi connectivity index (χ4v) is 3.25. The van der Waals surface area contributed by atoms with E-state index in [9.17, 15) is 5.11 Å². The Morgan fingerprint density at radius 2 is 2.00 bits per heavy atom. The van der Waals surface area contributed by atoms with Gasteiger partial charge in [0.1, 0.15) is 0 Å². The van der Waals surface area contributed by atoms with Crippen molar-refractivity contribution in [3.63, 3.8) is 0 Å². The van der Waals surface area contributed by atoms with Crippen molar-refractivity contribution < 1.29 is 5.11 Å². The summed E-state index contributed by atoms with van der Waals surface area (Å²) < 4.78 is 0. The van der Waals surface area contributed by atoms with Gasteiger partial charge in [0.25, 0.3) is 0 Å². The van der Waals surface area contributed by atoms with E-state index in [-0.39, 0.29) is 6.61 Å². The van der Waals surface area contributed by atoms with E-state index in [4.69, 9.17) is 5.73 Å². The second kappa shape index (κ2) is 7.77. The van der Waals surface area contributed by atoms with Crippen LogP contribution in [0.25, 0.3) is 0 Å². The van der Waals surface area contributed by atoms with Gasteiger partial charge in [-0.2, -0.15) is 0 Å².